The van der Waals surface area contributed by atoms with Crippen molar-refractivity contribution in [3.05, 3.63) is 72.9 Å². The van der Waals surface area contributed by atoms with E-state index in [4.69, 9.17) is 18.5 Å². The van der Waals surface area contributed by atoms with Gasteiger partial charge in [-0.05, 0) is 64.2 Å². The number of nitrogens with zero attached hydrogens (tertiary/aromatic N) is 1. The van der Waals surface area contributed by atoms with Gasteiger partial charge in [-0.1, -0.05) is 138 Å². The third-order valence-electron chi connectivity index (χ3n) is 8.32. The van der Waals surface area contributed by atoms with E-state index in [-0.39, 0.29) is 26.1 Å². The number of likely N-dealkylation sites (N-methyl/N-ethyl adjacent to an activating group) is 1. The highest BCUT2D eigenvalue weighted by atomic mass is 31.2. The Morgan fingerprint density at radius 2 is 1.13 bits per heavy atom. The summed E-state index contributed by atoms with van der Waals surface area (Å²) in [4.78, 5) is 35.3. The molecule has 1 unspecified atom stereocenters. The third kappa shape index (κ3) is 39.2. The molecular formula is C44H77NO8P+. The molecule has 0 aromatic rings. The lowest BCUT2D eigenvalue weighted by Crippen LogP contribution is -2.37. The van der Waals surface area contributed by atoms with Crippen LogP contribution in [0.15, 0.2) is 72.9 Å². The molecule has 0 aliphatic rings. The monoisotopic (exact) mass is 779 g/mol. The van der Waals surface area contributed by atoms with Crippen LogP contribution in [0.25, 0.3) is 0 Å². The fourth-order valence-corrected chi connectivity index (χ4v) is 5.79. The topological polar surface area (TPSA) is 108 Å². The van der Waals surface area contributed by atoms with E-state index in [9.17, 15) is 19.0 Å². The van der Waals surface area contributed by atoms with Crippen LogP contribution in [0.1, 0.15) is 142 Å². The Hall–Kier alpha value is -2.55. The van der Waals surface area contributed by atoms with Gasteiger partial charge in [0.2, 0.25) is 0 Å². The van der Waals surface area contributed by atoms with E-state index < -0.39 is 32.5 Å². The first-order valence-corrected chi connectivity index (χ1v) is 22.2. The molecule has 0 amide bonds. The third-order valence-corrected chi connectivity index (χ3v) is 9.30. The smallest absolute Gasteiger partial charge is 0.462 e. The second kappa shape index (κ2) is 36.1. The van der Waals surface area contributed by atoms with Crippen LogP contribution < -0.4 is 0 Å². The van der Waals surface area contributed by atoms with E-state index in [1.54, 1.807) is 0 Å². The van der Waals surface area contributed by atoms with Gasteiger partial charge in [-0.15, -0.1) is 0 Å². The summed E-state index contributed by atoms with van der Waals surface area (Å²) in [7, 11) is 1.44. The first kappa shape index (κ1) is 51.5. The van der Waals surface area contributed by atoms with Crippen molar-refractivity contribution in [2.75, 3.05) is 47.5 Å². The average molecular weight is 779 g/mol. The van der Waals surface area contributed by atoms with Crippen LogP contribution in [0.4, 0.5) is 0 Å². The molecular weight excluding hydrogens is 701 g/mol. The Morgan fingerprint density at radius 3 is 1.72 bits per heavy atom. The van der Waals surface area contributed by atoms with Crippen LogP contribution in [0.3, 0.4) is 0 Å². The number of quaternary nitrogens is 1. The zero-order valence-electron chi connectivity index (χ0n) is 34.7. The number of carbonyl (C=O) groups excluding carboxylic acids is 2. The number of phosphoric acid groups is 1. The predicted octanol–water partition coefficient (Wildman–Crippen LogP) is 11.5. The lowest BCUT2D eigenvalue weighted by molar-refractivity contribution is -0.870. The molecule has 0 fully saturated rings. The summed E-state index contributed by atoms with van der Waals surface area (Å²) < 4.78 is 34.2. The summed E-state index contributed by atoms with van der Waals surface area (Å²) in [6.45, 7) is 4.18. The van der Waals surface area contributed by atoms with Gasteiger partial charge in [0.05, 0.1) is 27.7 Å². The Labute approximate surface area is 329 Å². The molecule has 0 aromatic heterocycles. The van der Waals surface area contributed by atoms with Crippen LogP contribution in [0.5, 0.6) is 0 Å². The van der Waals surface area contributed by atoms with Gasteiger partial charge in [0, 0.05) is 12.8 Å². The fraction of sp³-hybridized carbons (Fsp3) is 0.682. The van der Waals surface area contributed by atoms with Crippen molar-refractivity contribution in [2.24, 2.45) is 0 Å². The molecule has 0 spiro atoms. The maximum atomic E-state index is 12.7. The number of hydrogen-bond acceptors (Lipinski definition) is 7. The number of unbranched alkanes of at least 4 members (excludes halogenated alkanes) is 13. The molecule has 0 aliphatic carbocycles. The summed E-state index contributed by atoms with van der Waals surface area (Å²) in [6.07, 6.45) is 43.7. The molecule has 0 saturated carbocycles. The number of rotatable bonds is 36. The van der Waals surface area contributed by atoms with Gasteiger partial charge in [0.1, 0.15) is 19.8 Å². The summed E-state index contributed by atoms with van der Waals surface area (Å²) in [6, 6.07) is 0. The molecule has 0 aliphatic heterocycles. The maximum absolute atomic E-state index is 12.7. The first-order chi connectivity index (χ1) is 26.0. The van der Waals surface area contributed by atoms with Crippen LogP contribution in [0.2, 0.25) is 0 Å². The van der Waals surface area contributed by atoms with Gasteiger partial charge in [-0.2, -0.15) is 0 Å². The van der Waals surface area contributed by atoms with Gasteiger partial charge in [0.25, 0.3) is 0 Å². The minimum atomic E-state index is -4.39. The zero-order valence-corrected chi connectivity index (χ0v) is 35.6. The molecule has 0 radical (unpaired) electrons. The summed E-state index contributed by atoms with van der Waals surface area (Å²) >= 11 is 0. The number of ether oxygens (including phenoxy) is 2. The van der Waals surface area contributed by atoms with Gasteiger partial charge < -0.3 is 18.9 Å². The lowest BCUT2D eigenvalue weighted by Gasteiger charge is -2.24. The SMILES string of the molecule is CC/C=C/C=C/C=C/C=C/CCCCCCCC(=O)OC[C@H](COP(=O)(O)OCC[N+](C)(C)C)OC(=O)CCCCCCC/C=C/C/C=C/CCCCC. The van der Waals surface area contributed by atoms with Crippen LogP contribution in [-0.4, -0.2) is 74.9 Å². The molecule has 0 aromatic carbocycles. The summed E-state index contributed by atoms with van der Waals surface area (Å²) in [5, 5.41) is 0. The van der Waals surface area contributed by atoms with E-state index in [0.717, 1.165) is 77.0 Å². The number of carbonyl (C=O) groups is 2. The van der Waals surface area contributed by atoms with Crippen molar-refractivity contribution < 1.29 is 42.1 Å². The van der Waals surface area contributed by atoms with Gasteiger partial charge >= 0.3 is 19.8 Å². The van der Waals surface area contributed by atoms with Crippen molar-refractivity contribution in [2.45, 2.75) is 148 Å². The normalized spacial score (nSPS) is 14.4. The molecule has 9 nitrogen and oxygen atoms in total. The Morgan fingerprint density at radius 1 is 0.611 bits per heavy atom. The molecule has 54 heavy (non-hydrogen) atoms. The van der Waals surface area contributed by atoms with Gasteiger partial charge in [-0.25, -0.2) is 4.57 Å². The second-order valence-electron chi connectivity index (χ2n) is 14.7. The Balaban J connectivity index is 4.48. The Kier molecular flexibility index (Phi) is 34.4. The predicted molar refractivity (Wildman–Crippen MR) is 224 cm³/mol. The van der Waals surface area contributed by atoms with Crippen LogP contribution in [0, 0.1) is 0 Å². The average Bonchev–Trinajstić information content (AvgIpc) is 3.12. The van der Waals surface area contributed by atoms with Crippen LogP contribution in [-0.2, 0) is 32.7 Å². The first-order valence-electron chi connectivity index (χ1n) is 20.7. The Bertz CT molecular complexity index is 1150. The number of hydrogen-bond donors (Lipinski definition) is 1. The minimum Gasteiger partial charge on any atom is -0.462 e. The molecule has 0 heterocycles. The molecule has 0 rings (SSSR count). The fourth-order valence-electron chi connectivity index (χ4n) is 5.05. The van der Waals surface area contributed by atoms with E-state index >= 15 is 0 Å². The zero-order chi connectivity index (χ0) is 40.0. The van der Waals surface area contributed by atoms with Gasteiger partial charge in [-0.3, -0.25) is 18.6 Å². The highest BCUT2D eigenvalue weighted by molar-refractivity contribution is 7.47. The quantitative estimate of drug-likeness (QED) is 0.0167. The highest BCUT2D eigenvalue weighted by Crippen LogP contribution is 2.43. The van der Waals surface area contributed by atoms with Crippen molar-refractivity contribution in [3.63, 3.8) is 0 Å². The number of esters is 2. The summed E-state index contributed by atoms with van der Waals surface area (Å²) in [5.41, 5.74) is 0. The summed E-state index contributed by atoms with van der Waals surface area (Å²) in [5.74, 6) is -0.850. The van der Waals surface area contributed by atoms with E-state index in [2.05, 4.69) is 56.4 Å². The maximum Gasteiger partial charge on any atom is 0.472 e. The molecule has 0 saturated heterocycles. The van der Waals surface area contributed by atoms with E-state index in [1.165, 1.54) is 25.7 Å². The highest BCUT2D eigenvalue weighted by Gasteiger charge is 2.27. The van der Waals surface area contributed by atoms with E-state index in [0.29, 0.717) is 23.9 Å². The van der Waals surface area contributed by atoms with Crippen LogP contribution >= 0.6 is 7.82 Å². The minimum absolute atomic E-state index is 0.0207. The molecule has 2 atom stereocenters. The standard InChI is InChI=1S/C44H76NO8P/c1-6-8-10-12-14-16-18-20-22-24-26-28-30-32-34-36-43(46)50-40-42(41-52-54(48,49)51-39-38-45(3,4)5)53-44(47)37-35-33-31-29-27-25-23-21-19-17-15-13-11-9-7-2/h8,10,12,14-18,20-23,42H,6-7,9,11,13,19,24-41H2,1-5H3/p+1/b10-8+,14-12+,17-15+,18-16+,22-20+,23-21+/t42-/m1/s1. The van der Waals surface area contributed by atoms with Crippen molar-refractivity contribution in [1.82, 2.24) is 0 Å². The van der Waals surface area contributed by atoms with Gasteiger partial charge in [0.15, 0.2) is 6.10 Å². The molecule has 0 bridgehead atoms. The number of allylic oxidation sites excluding steroid dienone is 12. The van der Waals surface area contributed by atoms with Crippen molar-refractivity contribution >= 4 is 19.8 Å². The lowest BCUT2D eigenvalue weighted by atomic mass is 10.1. The van der Waals surface area contributed by atoms with Crippen molar-refractivity contribution in [1.29, 1.82) is 0 Å². The van der Waals surface area contributed by atoms with E-state index in [1.807, 2.05) is 51.5 Å². The largest absolute Gasteiger partial charge is 0.472 e. The molecule has 10 heteroatoms. The number of phosphoric ester groups is 1. The molecule has 1 N–H and O–H groups in total. The van der Waals surface area contributed by atoms with Crippen molar-refractivity contribution in [3.8, 4) is 0 Å². The molecule has 310 valence electrons. The second-order valence-corrected chi connectivity index (χ2v) is 16.2.